The molecule has 0 radical (unpaired) electrons. The van der Waals surface area contributed by atoms with Crippen LogP contribution in [-0.2, 0) is 16.1 Å². The maximum Gasteiger partial charge on any atom is 0.325 e. The molecule has 0 spiro atoms. The highest BCUT2D eigenvalue weighted by Crippen LogP contribution is 2.44. The van der Waals surface area contributed by atoms with E-state index in [1.165, 1.54) is 18.2 Å². The van der Waals surface area contributed by atoms with Crippen LogP contribution in [0.1, 0.15) is 17.2 Å². The number of carbonyl (C=O) groups is 1. The van der Waals surface area contributed by atoms with E-state index in [4.69, 9.17) is 4.74 Å². The van der Waals surface area contributed by atoms with E-state index in [1.54, 1.807) is 0 Å². The number of methoxy groups -OCH3 is 1. The molecule has 3 nitrogen and oxygen atoms in total. The first-order valence-electron chi connectivity index (χ1n) is 6.73. The van der Waals surface area contributed by atoms with Gasteiger partial charge in [-0.05, 0) is 11.1 Å². The number of rotatable bonds is 4. The Kier molecular flexibility index (Phi) is 3.52. The van der Waals surface area contributed by atoms with Crippen LogP contribution in [0.4, 0.5) is 0 Å². The largest absolute Gasteiger partial charge is 0.468 e. The van der Waals surface area contributed by atoms with Crippen molar-refractivity contribution in [3.05, 3.63) is 71.8 Å². The van der Waals surface area contributed by atoms with E-state index < -0.39 is 0 Å². The lowest BCUT2D eigenvalue weighted by atomic mass is 10.1. The van der Waals surface area contributed by atoms with Crippen molar-refractivity contribution in [1.82, 2.24) is 4.90 Å². The van der Waals surface area contributed by atoms with E-state index in [2.05, 4.69) is 29.2 Å². The van der Waals surface area contributed by atoms with E-state index in [9.17, 15) is 4.79 Å². The molecule has 0 saturated carbocycles. The molecule has 0 bridgehead atoms. The third-order valence-electron chi connectivity index (χ3n) is 3.72. The summed E-state index contributed by atoms with van der Waals surface area (Å²) in [7, 11) is 1.45. The zero-order valence-corrected chi connectivity index (χ0v) is 11.4. The van der Waals surface area contributed by atoms with Crippen LogP contribution in [0.3, 0.4) is 0 Å². The Bertz CT molecular complexity index is 582. The van der Waals surface area contributed by atoms with E-state index in [1.807, 2.05) is 36.4 Å². The van der Waals surface area contributed by atoms with Gasteiger partial charge in [-0.3, -0.25) is 9.69 Å². The van der Waals surface area contributed by atoms with Crippen molar-refractivity contribution < 1.29 is 9.53 Å². The molecule has 102 valence electrons. The van der Waals surface area contributed by atoms with Crippen LogP contribution in [0.25, 0.3) is 0 Å². The molecule has 3 atom stereocenters. The monoisotopic (exact) mass is 267 g/mol. The van der Waals surface area contributed by atoms with Crippen molar-refractivity contribution in [2.24, 2.45) is 0 Å². The van der Waals surface area contributed by atoms with Gasteiger partial charge >= 0.3 is 5.97 Å². The summed E-state index contributed by atoms with van der Waals surface area (Å²) in [5, 5.41) is 0. The van der Waals surface area contributed by atoms with Gasteiger partial charge in [0.2, 0.25) is 0 Å². The smallest absolute Gasteiger partial charge is 0.325 e. The van der Waals surface area contributed by atoms with Crippen molar-refractivity contribution in [3.8, 4) is 0 Å². The van der Waals surface area contributed by atoms with Crippen LogP contribution >= 0.6 is 0 Å². The normalized spacial score (nSPS) is 24.1. The maximum atomic E-state index is 11.9. The lowest BCUT2D eigenvalue weighted by molar-refractivity contribution is -0.141. The maximum absolute atomic E-state index is 11.9. The Morgan fingerprint density at radius 3 is 2.25 bits per heavy atom. The fraction of sp³-hybridized carbons (Fsp3) is 0.235. The zero-order chi connectivity index (χ0) is 13.9. The van der Waals surface area contributed by atoms with Gasteiger partial charge in [-0.25, -0.2) is 0 Å². The molecule has 1 fully saturated rings. The first-order chi connectivity index (χ1) is 9.81. The van der Waals surface area contributed by atoms with Gasteiger partial charge in [0.15, 0.2) is 0 Å². The van der Waals surface area contributed by atoms with Crippen molar-refractivity contribution in [1.29, 1.82) is 0 Å². The summed E-state index contributed by atoms with van der Waals surface area (Å²) < 4.78 is 4.91. The van der Waals surface area contributed by atoms with Crippen molar-refractivity contribution in [3.63, 3.8) is 0 Å². The summed E-state index contributed by atoms with van der Waals surface area (Å²) >= 11 is 0. The fourth-order valence-electron chi connectivity index (χ4n) is 2.68. The van der Waals surface area contributed by atoms with E-state index >= 15 is 0 Å². The van der Waals surface area contributed by atoms with Gasteiger partial charge in [0.25, 0.3) is 0 Å². The standard InChI is InChI=1S/C17H17NO2/c1-20-17(19)16-15(14-10-6-3-7-11-14)18(16)12-13-8-4-2-5-9-13/h2-11,15-16H,12H2,1H3/t15-,16-,18?/m0/s1. The van der Waals surface area contributed by atoms with E-state index in [-0.39, 0.29) is 18.1 Å². The fourth-order valence-corrected chi connectivity index (χ4v) is 2.68. The third kappa shape index (κ3) is 2.45. The molecule has 0 aromatic heterocycles. The highest BCUT2D eigenvalue weighted by Gasteiger charge is 2.53. The predicted octanol–water partition coefficient (Wildman–Crippen LogP) is 2.79. The summed E-state index contributed by atoms with van der Waals surface area (Å²) in [5.41, 5.74) is 2.37. The molecule has 2 aromatic rings. The second-order valence-corrected chi connectivity index (χ2v) is 4.98. The minimum Gasteiger partial charge on any atom is -0.468 e. The number of esters is 1. The molecule has 0 amide bonds. The third-order valence-corrected chi connectivity index (χ3v) is 3.72. The van der Waals surface area contributed by atoms with Gasteiger partial charge in [0.1, 0.15) is 6.04 Å². The van der Waals surface area contributed by atoms with Gasteiger partial charge in [-0.1, -0.05) is 60.7 Å². The van der Waals surface area contributed by atoms with Crippen LogP contribution in [0.2, 0.25) is 0 Å². The van der Waals surface area contributed by atoms with Gasteiger partial charge in [-0.15, -0.1) is 0 Å². The molecule has 1 aliphatic rings. The summed E-state index contributed by atoms with van der Waals surface area (Å²) in [4.78, 5) is 14.1. The predicted molar refractivity (Wildman–Crippen MR) is 77.0 cm³/mol. The number of carbonyl (C=O) groups excluding carboxylic acids is 1. The lowest BCUT2D eigenvalue weighted by Crippen LogP contribution is -2.14. The molecule has 0 aliphatic carbocycles. The van der Waals surface area contributed by atoms with Gasteiger partial charge in [0, 0.05) is 6.54 Å². The molecule has 1 aliphatic heterocycles. The molecule has 2 aromatic carbocycles. The molecule has 1 heterocycles. The molecule has 1 unspecified atom stereocenters. The molecular weight excluding hydrogens is 250 g/mol. The molecule has 3 rings (SSSR count). The minimum absolute atomic E-state index is 0.129. The Morgan fingerprint density at radius 1 is 1.05 bits per heavy atom. The van der Waals surface area contributed by atoms with Crippen LogP contribution in [0.15, 0.2) is 60.7 Å². The SMILES string of the molecule is COC(=O)[C@@H]1[C@H](c2ccccc2)N1Cc1ccccc1. The van der Waals surface area contributed by atoms with Gasteiger partial charge in [0.05, 0.1) is 13.2 Å². The highest BCUT2D eigenvalue weighted by atomic mass is 16.5. The van der Waals surface area contributed by atoms with E-state index in [0.29, 0.717) is 0 Å². The minimum atomic E-state index is -0.164. The number of nitrogens with zero attached hydrogens (tertiary/aromatic N) is 1. The number of ether oxygens (including phenoxy) is 1. The first-order valence-corrected chi connectivity index (χ1v) is 6.73. The van der Waals surface area contributed by atoms with Crippen LogP contribution in [0, 0.1) is 0 Å². The number of hydrogen-bond acceptors (Lipinski definition) is 3. The zero-order valence-electron chi connectivity index (χ0n) is 11.4. The lowest BCUT2D eigenvalue weighted by Gasteiger charge is -2.04. The quantitative estimate of drug-likeness (QED) is 0.630. The van der Waals surface area contributed by atoms with Crippen LogP contribution < -0.4 is 0 Å². The summed E-state index contributed by atoms with van der Waals surface area (Å²) in [6, 6.07) is 20.3. The van der Waals surface area contributed by atoms with Crippen LogP contribution in [-0.4, -0.2) is 24.0 Å². The summed E-state index contributed by atoms with van der Waals surface area (Å²) in [6.07, 6.45) is 0. The van der Waals surface area contributed by atoms with Gasteiger partial charge < -0.3 is 4.74 Å². The Labute approximate surface area is 118 Å². The average Bonchev–Trinajstić information content (AvgIpc) is 3.22. The Morgan fingerprint density at radius 2 is 1.65 bits per heavy atom. The molecule has 20 heavy (non-hydrogen) atoms. The van der Waals surface area contributed by atoms with Crippen molar-refractivity contribution >= 4 is 5.97 Å². The molecular formula is C17H17NO2. The summed E-state index contributed by atoms with van der Waals surface area (Å²) in [6.45, 7) is 0.764. The molecule has 1 saturated heterocycles. The average molecular weight is 267 g/mol. The van der Waals surface area contributed by atoms with Crippen LogP contribution in [0.5, 0.6) is 0 Å². The van der Waals surface area contributed by atoms with E-state index in [0.717, 1.165) is 6.54 Å². The Hall–Kier alpha value is -2.13. The second kappa shape index (κ2) is 5.47. The van der Waals surface area contributed by atoms with Crippen molar-refractivity contribution in [2.45, 2.75) is 18.6 Å². The highest BCUT2D eigenvalue weighted by molar-refractivity contribution is 5.80. The topological polar surface area (TPSA) is 29.3 Å². The first kappa shape index (κ1) is 12.9. The molecule has 0 N–H and O–H groups in total. The molecule has 3 heteroatoms. The van der Waals surface area contributed by atoms with Gasteiger partial charge in [-0.2, -0.15) is 0 Å². The number of benzene rings is 2. The Balaban J connectivity index is 1.80. The second-order valence-electron chi connectivity index (χ2n) is 4.98. The van der Waals surface area contributed by atoms with Crippen molar-refractivity contribution in [2.75, 3.05) is 7.11 Å². The number of hydrogen-bond donors (Lipinski definition) is 0. The summed E-state index contributed by atoms with van der Waals surface area (Å²) in [5.74, 6) is -0.158.